The van der Waals surface area contributed by atoms with Crippen molar-refractivity contribution in [2.75, 3.05) is 12.4 Å². The fourth-order valence-corrected chi connectivity index (χ4v) is 3.08. The lowest BCUT2D eigenvalue weighted by Crippen LogP contribution is -2.37. The van der Waals surface area contributed by atoms with Crippen molar-refractivity contribution in [1.82, 2.24) is 5.32 Å². The average Bonchev–Trinajstić information content (AvgIpc) is 2.84. The Morgan fingerprint density at radius 3 is 2.63 bits per heavy atom. The van der Waals surface area contributed by atoms with Crippen molar-refractivity contribution in [2.24, 2.45) is 5.41 Å². The number of halogens is 2. The summed E-state index contributed by atoms with van der Waals surface area (Å²) < 4.78 is 13.3. The van der Waals surface area contributed by atoms with Crippen molar-refractivity contribution < 1.29 is 9.18 Å². The van der Waals surface area contributed by atoms with Gasteiger partial charge in [-0.3, -0.25) is 4.79 Å². The molecule has 0 aromatic heterocycles. The van der Waals surface area contributed by atoms with Gasteiger partial charge in [0.1, 0.15) is 5.82 Å². The normalized spacial score (nSPS) is 17.4. The van der Waals surface area contributed by atoms with Crippen LogP contribution in [0.5, 0.6) is 0 Å². The first-order valence-electron chi connectivity index (χ1n) is 6.66. The second kappa shape index (κ2) is 5.91. The Hall–Kier alpha value is -1.09. The van der Waals surface area contributed by atoms with Crippen LogP contribution >= 0.6 is 11.6 Å². The molecule has 0 atom stereocenters. The number of carbonyl (C=O) groups excluding carboxylic acids is 1. The molecule has 1 aliphatic carbocycles. The van der Waals surface area contributed by atoms with Gasteiger partial charge in [0.25, 0.3) is 5.91 Å². The molecule has 0 aliphatic heterocycles. The zero-order valence-corrected chi connectivity index (χ0v) is 11.9. The van der Waals surface area contributed by atoms with Crippen LogP contribution in [0.4, 0.5) is 4.39 Å². The van der Waals surface area contributed by atoms with Gasteiger partial charge in [0, 0.05) is 23.4 Å². The maximum Gasteiger partial charge on any atom is 0.251 e. The predicted octanol–water partition coefficient (Wildman–Crippen LogP) is 3.66. The van der Waals surface area contributed by atoms with Crippen molar-refractivity contribution in [1.29, 1.82) is 0 Å². The van der Waals surface area contributed by atoms with E-state index in [2.05, 4.69) is 5.32 Å². The van der Waals surface area contributed by atoms with E-state index in [0.29, 0.717) is 18.0 Å². The van der Waals surface area contributed by atoms with E-state index in [9.17, 15) is 9.18 Å². The zero-order chi connectivity index (χ0) is 13.9. The number of amides is 1. The molecule has 104 valence electrons. The van der Waals surface area contributed by atoms with Crippen molar-refractivity contribution in [3.8, 4) is 0 Å². The standard InChI is InChI=1S/C15H19ClFNO/c1-11-6-12(8-13(17)7-11)14(19)18-10-15(9-16)4-2-3-5-15/h6-8H,2-5,9-10H2,1H3,(H,18,19). The van der Waals surface area contributed by atoms with E-state index in [1.165, 1.54) is 25.0 Å². The predicted molar refractivity (Wildman–Crippen MR) is 75.1 cm³/mol. The van der Waals surface area contributed by atoms with Crippen molar-refractivity contribution >= 4 is 17.5 Å². The Bertz CT molecular complexity index is 449. The number of alkyl halides is 1. The molecule has 0 bridgehead atoms. The van der Waals surface area contributed by atoms with Crippen molar-refractivity contribution in [3.05, 3.63) is 35.1 Å². The Labute approximate surface area is 118 Å². The summed E-state index contributed by atoms with van der Waals surface area (Å²) in [5.41, 5.74) is 1.15. The Morgan fingerprint density at radius 1 is 1.37 bits per heavy atom. The lowest BCUT2D eigenvalue weighted by molar-refractivity contribution is 0.0934. The SMILES string of the molecule is Cc1cc(F)cc(C(=O)NCC2(CCl)CCCC2)c1. The molecule has 0 spiro atoms. The van der Waals surface area contributed by atoms with Gasteiger partial charge in [0.05, 0.1) is 0 Å². The summed E-state index contributed by atoms with van der Waals surface area (Å²) in [6, 6.07) is 4.37. The third kappa shape index (κ3) is 3.47. The number of hydrogen-bond acceptors (Lipinski definition) is 1. The first-order valence-corrected chi connectivity index (χ1v) is 7.19. The van der Waals surface area contributed by atoms with Crippen LogP contribution in [-0.2, 0) is 0 Å². The van der Waals surface area contributed by atoms with E-state index in [0.717, 1.165) is 18.4 Å². The maximum atomic E-state index is 13.3. The van der Waals surface area contributed by atoms with Gasteiger partial charge < -0.3 is 5.32 Å². The van der Waals surface area contributed by atoms with Gasteiger partial charge in [-0.05, 0) is 43.5 Å². The average molecular weight is 284 g/mol. The molecule has 1 saturated carbocycles. The lowest BCUT2D eigenvalue weighted by atomic mass is 9.88. The summed E-state index contributed by atoms with van der Waals surface area (Å²) in [5.74, 6) is -0.0350. The van der Waals surface area contributed by atoms with Gasteiger partial charge >= 0.3 is 0 Å². The number of benzene rings is 1. The molecule has 1 amide bonds. The van der Waals surface area contributed by atoms with Crippen LogP contribution in [0.2, 0.25) is 0 Å². The van der Waals surface area contributed by atoms with Gasteiger partial charge in [-0.15, -0.1) is 11.6 Å². The largest absolute Gasteiger partial charge is 0.351 e. The van der Waals surface area contributed by atoms with E-state index in [1.807, 2.05) is 0 Å². The van der Waals surface area contributed by atoms with Gasteiger partial charge in [0.15, 0.2) is 0 Å². The first-order chi connectivity index (χ1) is 9.04. The molecule has 1 aromatic carbocycles. The molecular formula is C15H19ClFNO. The molecule has 0 radical (unpaired) electrons. The minimum absolute atomic E-state index is 0.0274. The minimum Gasteiger partial charge on any atom is -0.351 e. The van der Waals surface area contributed by atoms with Gasteiger partial charge in [-0.25, -0.2) is 4.39 Å². The quantitative estimate of drug-likeness (QED) is 0.840. The molecule has 1 aliphatic rings. The minimum atomic E-state index is -0.377. The Morgan fingerprint density at radius 2 is 2.05 bits per heavy atom. The van der Waals surface area contributed by atoms with Crippen molar-refractivity contribution in [2.45, 2.75) is 32.6 Å². The molecule has 1 N–H and O–H groups in total. The summed E-state index contributed by atoms with van der Waals surface area (Å²) in [5, 5.41) is 2.90. The monoisotopic (exact) mass is 283 g/mol. The summed E-state index contributed by atoms with van der Waals surface area (Å²) in [6.07, 6.45) is 4.45. The number of nitrogens with one attached hydrogen (secondary N) is 1. The number of hydrogen-bond donors (Lipinski definition) is 1. The van der Waals surface area contributed by atoms with E-state index in [-0.39, 0.29) is 17.1 Å². The van der Waals surface area contributed by atoms with E-state index < -0.39 is 0 Å². The molecule has 0 heterocycles. The van der Waals surface area contributed by atoms with Crippen LogP contribution in [0.1, 0.15) is 41.6 Å². The number of aryl methyl sites for hydroxylation is 1. The smallest absolute Gasteiger partial charge is 0.251 e. The molecule has 4 heteroatoms. The molecule has 2 nitrogen and oxygen atoms in total. The summed E-state index contributed by atoms with van der Waals surface area (Å²) in [4.78, 5) is 12.0. The van der Waals surface area contributed by atoms with Crippen LogP contribution in [0.25, 0.3) is 0 Å². The second-order valence-electron chi connectivity index (χ2n) is 5.54. The van der Waals surface area contributed by atoms with E-state index in [1.54, 1.807) is 13.0 Å². The molecule has 19 heavy (non-hydrogen) atoms. The van der Waals surface area contributed by atoms with Crippen molar-refractivity contribution in [3.63, 3.8) is 0 Å². The first kappa shape index (κ1) is 14.3. The van der Waals surface area contributed by atoms with Crippen LogP contribution in [0.3, 0.4) is 0 Å². The number of rotatable bonds is 4. The fourth-order valence-electron chi connectivity index (χ4n) is 2.72. The Balaban J connectivity index is 2.01. The van der Waals surface area contributed by atoms with E-state index >= 15 is 0 Å². The molecule has 1 fully saturated rings. The lowest BCUT2D eigenvalue weighted by Gasteiger charge is -2.26. The molecule has 0 unspecified atom stereocenters. The molecule has 1 aromatic rings. The van der Waals surface area contributed by atoms with Gasteiger partial charge in [0.2, 0.25) is 0 Å². The van der Waals surface area contributed by atoms with Crippen LogP contribution in [0.15, 0.2) is 18.2 Å². The van der Waals surface area contributed by atoms with Crippen LogP contribution in [-0.4, -0.2) is 18.3 Å². The van der Waals surface area contributed by atoms with Gasteiger partial charge in [-0.1, -0.05) is 12.8 Å². The van der Waals surface area contributed by atoms with Gasteiger partial charge in [-0.2, -0.15) is 0 Å². The topological polar surface area (TPSA) is 29.1 Å². The highest BCUT2D eigenvalue weighted by Crippen LogP contribution is 2.38. The molecular weight excluding hydrogens is 265 g/mol. The summed E-state index contributed by atoms with van der Waals surface area (Å²) in [6.45, 7) is 2.35. The third-order valence-electron chi connectivity index (χ3n) is 3.88. The molecule has 0 saturated heterocycles. The third-order valence-corrected chi connectivity index (χ3v) is 4.44. The zero-order valence-electron chi connectivity index (χ0n) is 11.1. The summed E-state index contributed by atoms with van der Waals surface area (Å²) >= 11 is 6.03. The Kier molecular flexibility index (Phi) is 4.46. The second-order valence-corrected chi connectivity index (χ2v) is 5.81. The van der Waals surface area contributed by atoms with Crippen LogP contribution < -0.4 is 5.32 Å². The number of carbonyl (C=O) groups is 1. The highest BCUT2D eigenvalue weighted by atomic mass is 35.5. The van der Waals surface area contributed by atoms with E-state index in [4.69, 9.17) is 11.6 Å². The molecule has 2 rings (SSSR count). The van der Waals surface area contributed by atoms with Crippen LogP contribution in [0, 0.1) is 18.2 Å². The fraction of sp³-hybridized carbons (Fsp3) is 0.533. The highest BCUT2D eigenvalue weighted by molar-refractivity contribution is 6.18. The summed E-state index contributed by atoms with van der Waals surface area (Å²) in [7, 11) is 0. The maximum absolute atomic E-state index is 13.3. The highest BCUT2D eigenvalue weighted by Gasteiger charge is 2.33.